The maximum Gasteiger partial charge on any atom is 0.123 e. The molecule has 2 N–H and O–H groups in total. The summed E-state index contributed by atoms with van der Waals surface area (Å²) < 4.78 is 5.76. The molecule has 0 atom stereocenters. The summed E-state index contributed by atoms with van der Waals surface area (Å²) in [5.74, 6) is 1.40. The molecule has 0 aliphatic rings. The first-order chi connectivity index (χ1) is 9.56. The number of hydrogen-bond acceptors (Lipinski definition) is 4. The van der Waals surface area contributed by atoms with Crippen LogP contribution in [0, 0.1) is 6.92 Å². The van der Waals surface area contributed by atoms with E-state index in [0.717, 1.165) is 16.5 Å². The van der Waals surface area contributed by atoms with Gasteiger partial charge in [-0.05, 0) is 43.0 Å². The molecule has 0 saturated heterocycles. The zero-order valence-corrected chi connectivity index (χ0v) is 13.4. The molecule has 1 heterocycles. The minimum atomic E-state index is 0.420. The normalized spacial score (nSPS) is 11.1. The van der Waals surface area contributed by atoms with Crippen molar-refractivity contribution in [2.75, 3.05) is 6.61 Å². The van der Waals surface area contributed by atoms with Crippen molar-refractivity contribution in [2.45, 2.75) is 40.2 Å². The van der Waals surface area contributed by atoms with Crippen molar-refractivity contribution in [2.24, 2.45) is 5.73 Å². The van der Waals surface area contributed by atoms with Crippen LogP contribution in [-0.2, 0) is 6.54 Å². The third kappa shape index (κ3) is 3.02. The van der Waals surface area contributed by atoms with E-state index < -0.39 is 0 Å². The zero-order valence-electron chi connectivity index (χ0n) is 12.6. The Bertz CT molecular complexity index is 590. The van der Waals surface area contributed by atoms with E-state index in [1.807, 2.05) is 6.92 Å². The molecule has 0 aliphatic heterocycles. The molecule has 0 fully saturated rings. The van der Waals surface area contributed by atoms with Crippen LogP contribution in [0.1, 0.15) is 42.8 Å². The molecule has 0 spiro atoms. The van der Waals surface area contributed by atoms with Crippen LogP contribution in [0.2, 0.25) is 0 Å². The molecule has 0 bridgehead atoms. The Morgan fingerprint density at radius 1 is 1.35 bits per heavy atom. The Hall–Kier alpha value is -1.39. The molecule has 2 aromatic rings. The highest BCUT2D eigenvalue weighted by Crippen LogP contribution is 2.34. The summed E-state index contributed by atoms with van der Waals surface area (Å²) in [6.07, 6.45) is 0. The molecule has 0 unspecified atom stereocenters. The quantitative estimate of drug-likeness (QED) is 0.902. The van der Waals surface area contributed by atoms with Crippen molar-refractivity contribution in [1.82, 2.24) is 4.98 Å². The van der Waals surface area contributed by atoms with Crippen LogP contribution < -0.4 is 10.5 Å². The first kappa shape index (κ1) is 15.0. The third-order valence-electron chi connectivity index (χ3n) is 3.28. The Kier molecular flexibility index (Phi) is 4.78. The van der Waals surface area contributed by atoms with Gasteiger partial charge in [-0.3, -0.25) is 0 Å². The molecule has 108 valence electrons. The number of aromatic nitrogens is 1. The van der Waals surface area contributed by atoms with Crippen molar-refractivity contribution in [3.05, 3.63) is 33.6 Å². The number of thiazole rings is 1. The van der Waals surface area contributed by atoms with Crippen LogP contribution >= 0.6 is 11.3 Å². The molecule has 2 rings (SSSR count). The smallest absolute Gasteiger partial charge is 0.123 e. The highest BCUT2D eigenvalue weighted by Gasteiger charge is 2.14. The number of benzene rings is 1. The topological polar surface area (TPSA) is 48.1 Å². The molecule has 0 aliphatic carbocycles. The lowest BCUT2D eigenvalue weighted by atomic mass is 9.95. The fraction of sp³-hybridized carbons (Fsp3) is 0.438. The van der Waals surface area contributed by atoms with Gasteiger partial charge in [0.15, 0.2) is 0 Å². The summed E-state index contributed by atoms with van der Waals surface area (Å²) in [5, 5.41) is 3.05. The third-order valence-corrected chi connectivity index (χ3v) is 4.15. The molecular formula is C16H22N2OS. The van der Waals surface area contributed by atoms with Crippen molar-refractivity contribution < 1.29 is 4.74 Å². The molecule has 1 aromatic carbocycles. The maximum atomic E-state index is 5.76. The predicted molar refractivity (Wildman–Crippen MR) is 85.4 cm³/mol. The average molecular weight is 290 g/mol. The summed E-state index contributed by atoms with van der Waals surface area (Å²) in [6, 6.07) is 4.33. The Balaban J connectivity index is 2.50. The van der Waals surface area contributed by atoms with Crippen LogP contribution in [0.5, 0.6) is 5.75 Å². The lowest BCUT2D eigenvalue weighted by Gasteiger charge is -2.16. The van der Waals surface area contributed by atoms with E-state index in [9.17, 15) is 0 Å². The van der Waals surface area contributed by atoms with E-state index in [1.54, 1.807) is 11.3 Å². The van der Waals surface area contributed by atoms with Gasteiger partial charge >= 0.3 is 0 Å². The van der Waals surface area contributed by atoms with Crippen LogP contribution in [0.3, 0.4) is 0 Å². The van der Waals surface area contributed by atoms with E-state index in [2.05, 4.69) is 43.3 Å². The number of ether oxygens (including phenoxy) is 1. The number of nitrogens with two attached hydrogens (primary N) is 1. The molecule has 4 heteroatoms. The second kappa shape index (κ2) is 6.37. The van der Waals surface area contributed by atoms with Crippen LogP contribution in [0.4, 0.5) is 0 Å². The lowest BCUT2D eigenvalue weighted by molar-refractivity contribution is 0.335. The minimum absolute atomic E-state index is 0.420. The van der Waals surface area contributed by atoms with Crippen molar-refractivity contribution in [3.63, 3.8) is 0 Å². The van der Waals surface area contributed by atoms with E-state index >= 15 is 0 Å². The van der Waals surface area contributed by atoms with Crippen molar-refractivity contribution >= 4 is 11.3 Å². The summed E-state index contributed by atoms with van der Waals surface area (Å²) in [5.41, 5.74) is 10.3. The van der Waals surface area contributed by atoms with Crippen molar-refractivity contribution in [3.8, 4) is 17.0 Å². The Morgan fingerprint density at radius 3 is 2.65 bits per heavy atom. The second-order valence-electron chi connectivity index (χ2n) is 5.12. The Morgan fingerprint density at radius 2 is 2.10 bits per heavy atom. The molecule has 0 saturated carbocycles. The summed E-state index contributed by atoms with van der Waals surface area (Å²) in [4.78, 5) is 4.59. The van der Waals surface area contributed by atoms with Gasteiger partial charge in [0.2, 0.25) is 0 Å². The summed E-state index contributed by atoms with van der Waals surface area (Å²) in [7, 11) is 0. The summed E-state index contributed by atoms with van der Waals surface area (Å²) >= 11 is 1.61. The fourth-order valence-electron chi connectivity index (χ4n) is 2.23. The number of nitrogens with zero attached hydrogens (tertiary/aromatic N) is 1. The van der Waals surface area contributed by atoms with Gasteiger partial charge < -0.3 is 10.5 Å². The molecule has 1 aromatic heterocycles. The van der Waals surface area contributed by atoms with E-state index in [-0.39, 0.29) is 0 Å². The largest absolute Gasteiger partial charge is 0.494 e. The standard InChI is InChI=1S/C16H22N2OS/c1-5-19-15-6-11(4)13(7-12(15)10(2)3)14-9-20-16(8-17)18-14/h6-7,9-10H,5,8,17H2,1-4H3. The van der Waals surface area contributed by atoms with Crippen molar-refractivity contribution in [1.29, 1.82) is 0 Å². The zero-order chi connectivity index (χ0) is 14.7. The predicted octanol–water partition coefficient (Wildman–Crippen LogP) is 4.10. The summed E-state index contributed by atoms with van der Waals surface area (Å²) in [6.45, 7) is 9.67. The fourth-order valence-corrected chi connectivity index (χ4v) is 2.91. The van der Waals surface area contributed by atoms with Crippen LogP contribution in [0.15, 0.2) is 17.5 Å². The van der Waals surface area contributed by atoms with Gasteiger partial charge in [-0.2, -0.15) is 0 Å². The Labute approximate surface area is 124 Å². The van der Waals surface area contributed by atoms with Crippen LogP contribution in [0.25, 0.3) is 11.3 Å². The van der Waals surface area contributed by atoms with Gasteiger partial charge in [-0.15, -0.1) is 11.3 Å². The van der Waals surface area contributed by atoms with Gasteiger partial charge in [0.25, 0.3) is 0 Å². The van der Waals surface area contributed by atoms with E-state index in [0.29, 0.717) is 19.1 Å². The first-order valence-corrected chi connectivity index (χ1v) is 7.87. The SMILES string of the molecule is CCOc1cc(C)c(-c2csc(CN)n2)cc1C(C)C. The molecule has 20 heavy (non-hydrogen) atoms. The molecule has 0 amide bonds. The van der Waals surface area contributed by atoms with Gasteiger partial charge in [-0.25, -0.2) is 4.98 Å². The van der Waals surface area contributed by atoms with Gasteiger partial charge in [-0.1, -0.05) is 13.8 Å². The first-order valence-electron chi connectivity index (χ1n) is 6.99. The second-order valence-corrected chi connectivity index (χ2v) is 6.07. The van der Waals surface area contributed by atoms with E-state index in [4.69, 9.17) is 10.5 Å². The number of rotatable bonds is 5. The number of aryl methyl sites for hydroxylation is 1. The average Bonchev–Trinajstić information content (AvgIpc) is 2.87. The van der Waals surface area contributed by atoms with Gasteiger partial charge in [0.05, 0.1) is 12.3 Å². The monoisotopic (exact) mass is 290 g/mol. The maximum absolute atomic E-state index is 5.76. The van der Waals surface area contributed by atoms with Crippen LogP contribution in [-0.4, -0.2) is 11.6 Å². The number of hydrogen-bond donors (Lipinski definition) is 1. The highest BCUT2D eigenvalue weighted by molar-refractivity contribution is 7.09. The highest BCUT2D eigenvalue weighted by atomic mass is 32.1. The minimum Gasteiger partial charge on any atom is -0.494 e. The molecular weight excluding hydrogens is 268 g/mol. The van der Waals surface area contributed by atoms with Gasteiger partial charge in [0.1, 0.15) is 10.8 Å². The van der Waals surface area contributed by atoms with Gasteiger partial charge in [0, 0.05) is 17.5 Å². The van der Waals surface area contributed by atoms with E-state index in [1.165, 1.54) is 16.7 Å². The molecule has 0 radical (unpaired) electrons. The lowest BCUT2D eigenvalue weighted by Crippen LogP contribution is -2.00. The molecule has 3 nitrogen and oxygen atoms in total.